The Balaban J connectivity index is 2.55. The van der Waals surface area contributed by atoms with Gasteiger partial charge in [-0.05, 0) is 30.5 Å². The van der Waals surface area contributed by atoms with E-state index < -0.39 is 11.2 Å². The van der Waals surface area contributed by atoms with Crippen LogP contribution in [0.3, 0.4) is 0 Å². The molecule has 1 amide bonds. The lowest BCUT2D eigenvalue weighted by molar-refractivity contribution is -0.137. The van der Waals surface area contributed by atoms with E-state index in [4.69, 9.17) is 5.11 Å². The molecular formula is C14H18FNO3S. The first-order chi connectivity index (χ1) is 9.31. The molecule has 20 heavy (non-hydrogen) atoms. The van der Waals surface area contributed by atoms with Crippen LogP contribution in [0.2, 0.25) is 0 Å². The Morgan fingerprint density at radius 3 is 2.55 bits per heavy atom. The van der Waals surface area contributed by atoms with Crippen LogP contribution in [0.5, 0.6) is 0 Å². The van der Waals surface area contributed by atoms with Gasteiger partial charge in [0.25, 0.3) is 0 Å². The van der Waals surface area contributed by atoms with E-state index >= 15 is 0 Å². The second-order valence-corrected chi connectivity index (χ2v) is 5.96. The van der Waals surface area contributed by atoms with E-state index in [0.29, 0.717) is 11.3 Å². The highest BCUT2D eigenvalue weighted by atomic mass is 32.2. The Morgan fingerprint density at radius 1 is 1.40 bits per heavy atom. The topological polar surface area (TPSA) is 66.4 Å². The summed E-state index contributed by atoms with van der Waals surface area (Å²) in [6.07, 6.45) is 0. The molecule has 1 aromatic carbocycles. The summed E-state index contributed by atoms with van der Waals surface area (Å²) < 4.78 is 13.3. The third-order valence-corrected chi connectivity index (χ3v) is 4.23. The van der Waals surface area contributed by atoms with Crippen LogP contribution >= 0.6 is 11.8 Å². The third kappa shape index (κ3) is 4.85. The molecule has 0 bridgehead atoms. The molecule has 0 fully saturated rings. The summed E-state index contributed by atoms with van der Waals surface area (Å²) in [6.45, 7) is 5.22. The van der Waals surface area contributed by atoms with Crippen molar-refractivity contribution in [2.45, 2.75) is 26.0 Å². The Morgan fingerprint density at radius 2 is 2.05 bits per heavy atom. The quantitative estimate of drug-likeness (QED) is 0.847. The van der Waals surface area contributed by atoms with Crippen molar-refractivity contribution in [3.8, 4) is 0 Å². The van der Waals surface area contributed by atoms with E-state index in [-0.39, 0.29) is 23.4 Å². The highest BCUT2D eigenvalue weighted by molar-refractivity contribution is 8.01. The Hall–Kier alpha value is -1.56. The molecule has 0 saturated carbocycles. The Bertz CT molecular complexity index is 505. The van der Waals surface area contributed by atoms with Gasteiger partial charge in [0, 0.05) is 5.69 Å². The van der Waals surface area contributed by atoms with E-state index in [0.717, 1.165) is 11.8 Å². The van der Waals surface area contributed by atoms with E-state index in [2.05, 4.69) is 5.32 Å². The van der Waals surface area contributed by atoms with Crippen molar-refractivity contribution in [2.75, 3.05) is 11.1 Å². The maximum absolute atomic E-state index is 13.3. The molecule has 0 spiro atoms. The molecule has 1 aromatic rings. The molecule has 0 saturated heterocycles. The molecule has 1 rings (SSSR count). The summed E-state index contributed by atoms with van der Waals surface area (Å²) in [5.74, 6) is -1.71. The first-order valence-corrected chi connectivity index (χ1v) is 7.26. The predicted molar refractivity (Wildman–Crippen MR) is 78.5 cm³/mol. The van der Waals surface area contributed by atoms with Gasteiger partial charge in [-0.15, -0.1) is 11.8 Å². The van der Waals surface area contributed by atoms with E-state index in [1.807, 2.05) is 0 Å². The zero-order valence-electron chi connectivity index (χ0n) is 11.6. The highest BCUT2D eigenvalue weighted by Gasteiger charge is 2.22. The molecule has 0 aromatic heterocycles. The minimum Gasteiger partial charge on any atom is -0.480 e. The van der Waals surface area contributed by atoms with Gasteiger partial charge in [-0.25, -0.2) is 4.39 Å². The fourth-order valence-corrected chi connectivity index (χ4v) is 2.51. The number of halogens is 1. The molecule has 0 aliphatic carbocycles. The van der Waals surface area contributed by atoms with Crippen LogP contribution < -0.4 is 5.32 Å². The van der Waals surface area contributed by atoms with Crippen molar-refractivity contribution in [3.63, 3.8) is 0 Å². The number of aryl methyl sites for hydroxylation is 1. The number of carboxylic acids is 1. The van der Waals surface area contributed by atoms with Gasteiger partial charge in [0.05, 0.1) is 5.75 Å². The number of carboxylic acid groups (broad SMARTS) is 1. The van der Waals surface area contributed by atoms with Crippen LogP contribution in [0.15, 0.2) is 18.2 Å². The Kier molecular flexibility index (Phi) is 6.01. The lowest BCUT2D eigenvalue weighted by Crippen LogP contribution is -2.25. The smallest absolute Gasteiger partial charge is 0.316 e. The monoisotopic (exact) mass is 299 g/mol. The summed E-state index contributed by atoms with van der Waals surface area (Å²) in [6, 6.07) is 4.43. The summed E-state index contributed by atoms with van der Waals surface area (Å²) in [4.78, 5) is 22.7. The number of hydrogen-bond acceptors (Lipinski definition) is 3. The highest BCUT2D eigenvalue weighted by Crippen LogP contribution is 2.20. The molecule has 2 N–H and O–H groups in total. The number of aliphatic carboxylic acids is 1. The fourth-order valence-electron chi connectivity index (χ4n) is 1.58. The van der Waals surface area contributed by atoms with Crippen molar-refractivity contribution in [2.24, 2.45) is 5.92 Å². The van der Waals surface area contributed by atoms with Crippen LogP contribution in [-0.4, -0.2) is 28.0 Å². The van der Waals surface area contributed by atoms with Crippen LogP contribution in [0.4, 0.5) is 10.1 Å². The van der Waals surface area contributed by atoms with Crippen LogP contribution in [-0.2, 0) is 9.59 Å². The van der Waals surface area contributed by atoms with Crippen LogP contribution in [0, 0.1) is 18.7 Å². The number of carbonyl (C=O) groups excluding carboxylic acids is 1. The first-order valence-electron chi connectivity index (χ1n) is 6.21. The van der Waals surface area contributed by atoms with Gasteiger partial charge in [0.1, 0.15) is 11.1 Å². The fraction of sp³-hybridized carbons (Fsp3) is 0.429. The SMILES string of the molecule is Cc1ccc(NC(=O)CSC(C(=O)O)C(C)C)cc1F. The average molecular weight is 299 g/mol. The molecular weight excluding hydrogens is 281 g/mol. The largest absolute Gasteiger partial charge is 0.480 e. The van der Waals surface area contributed by atoms with Gasteiger partial charge >= 0.3 is 5.97 Å². The number of nitrogens with one attached hydrogen (secondary N) is 1. The maximum atomic E-state index is 13.3. The van der Waals surface area contributed by atoms with Crippen LogP contribution in [0.25, 0.3) is 0 Å². The van der Waals surface area contributed by atoms with Gasteiger partial charge in [0.15, 0.2) is 0 Å². The van der Waals surface area contributed by atoms with Crippen molar-refractivity contribution >= 4 is 29.3 Å². The lowest BCUT2D eigenvalue weighted by Gasteiger charge is -2.15. The number of carbonyl (C=O) groups is 2. The first kappa shape index (κ1) is 16.5. The van der Waals surface area contributed by atoms with Crippen molar-refractivity contribution in [1.82, 2.24) is 0 Å². The molecule has 1 atom stereocenters. The summed E-state index contributed by atoms with van der Waals surface area (Å²) in [5.41, 5.74) is 0.873. The molecule has 0 heterocycles. The third-order valence-electron chi connectivity index (χ3n) is 2.70. The number of hydrogen-bond donors (Lipinski definition) is 2. The summed E-state index contributed by atoms with van der Waals surface area (Å²) in [5, 5.41) is 10.9. The zero-order chi connectivity index (χ0) is 15.3. The van der Waals surface area contributed by atoms with E-state index in [9.17, 15) is 14.0 Å². The van der Waals surface area contributed by atoms with Gasteiger partial charge < -0.3 is 10.4 Å². The van der Waals surface area contributed by atoms with Gasteiger partial charge in [0.2, 0.25) is 5.91 Å². The molecule has 4 nitrogen and oxygen atoms in total. The van der Waals surface area contributed by atoms with Crippen molar-refractivity contribution < 1.29 is 19.1 Å². The van der Waals surface area contributed by atoms with Crippen molar-refractivity contribution in [3.05, 3.63) is 29.6 Å². The predicted octanol–water partition coefficient (Wildman–Crippen LogP) is 2.92. The average Bonchev–Trinajstić information content (AvgIpc) is 2.33. The second kappa shape index (κ2) is 7.28. The molecule has 0 aliphatic heterocycles. The maximum Gasteiger partial charge on any atom is 0.316 e. The number of amides is 1. The Labute approximate surface area is 121 Å². The van der Waals surface area contributed by atoms with E-state index in [1.165, 1.54) is 6.07 Å². The van der Waals surface area contributed by atoms with E-state index in [1.54, 1.807) is 32.9 Å². The molecule has 1 unspecified atom stereocenters. The standard InChI is InChI=1S/C14H18FNO3S/c1-8(2)13(14(18)19)20-7-12(17)16-10-5-4-9(3)11(15)6-10/h4-6,8,13H,7H2,1-3H3,(H,16,17)(H,18,19). The van der Waals surface area contributed by atoms with Crippen molar-refractivity contribution in [1.29, 1.82) is 0 Å². The number of benzene rings is 1. The normalized spacial score (nSPS) is 12.2. The molecule has 110 valence electrons. The molecule has 0 radical (unpaired) electrons. The summed E-state index contributed by atoms with van der Waals surface area (Å²) >= 11 is 1.07. The number of rotatable bonds is 6. The van der Waals surface area contributed by atoms with Gasteiger partial charge in [-0.3, -0.25) is 9.59 Å². The number of thioether (sulfide) groups is 1. The van der Waals surface area contributed by atoms with Crippen LogP contribution in [0.1, 0.15) is 19.4 Å². The number of anilines is 1. The molecule has 6 heteroatoms. The molecule has 0 aliphatic rings. The minimum atomic E-state index is -0.931. The summed E-state index contributed by atoms with van der Waals surface area (Å²) in [7, 11) is 0. The zero-order valence-corrected chi connectivity index (χ0v) is 12.5. The lowest BCUT2D eigenvalue weighted by atomic mass is 10.1. The van der Waals surface area contributed by atoms with Gasteiger partial charge in [-0.2, -0.15) is 0 Å². The minimum absolute atomic E-state index is 0.0185. The van der Waals surface area contributed by atoms with Gasteiger partial charge in [-0.1, -0.05) is 19.9 Å². The second-order valence-electron chi connectivity index (χ2n) is 4.83.